The molecule has 0 aliphatic carbocycles. The molecular weight excluding hydrogens is 224 g/mol. The van der Waals surface area contributed by atoms with Crippen molar-refractivity contribution in [3.05, 3.63) is 0 Å². The molecule has 96 valence electrons. The van der Waals surface area contributed by atoms with Crippen LogP contribution >= 0.6 is 0 Å². The summed E-state index contributed by atoms with van der Waals surface area (Å²) in [6.45, 7) is 3.76. The van der Waals surface area contributed by atoms with Gasteiger partial charge >= 0.3 is 5.97 Å². The Hall–Kier alpha value is -1.59. The molecule has 2 amide bonds. The first kappa shape index (κ1) is 13.5. The van der Waals surface area contributed by atoms with E-state index in [0.717, 1.165) is 0 Å². The summed E-state index contributed by atoms with van der Waals surface area (Å²) in [5.41, 5.74) is 0. The first-order valence-corrected chi connectivity index (χ1v) is 5.71. The molecule has 0 unspecified atom stereocenters. The monoisotopic (exact) mass is 242 g/mol. The van der Waals surface area contributed by atoms with Gasteiger partial charge in [-0.1, -0.05) is 13.8 Å². The molecule has 1 aliphatic rings. The minimum atomic E-state index is -1.03. The number of piperidine rings is 1. The standard InChI is InChI=1S/C11H18N2O4/c1-6(2)9(11(16)17)13-10(15)7-3-4-8(14)12-5-7/h6-7,9H,3-5H2,1-2H3,(H,12,14)(H,13,15)(H,16,17)/t7-,9-/m0/s1. The third-order valence-corrected chi connectivity index (χ3v) is 2.87. The lowest BCUT2D eigenvalue weighted by atomic mass is 9.96. The summed E-state index contributed by atoms with van der Waals surface area (Å²) in [6, 6.07) is -0.875. The molecule has 2 atom stereocenters. The molecule has 1 aliphatic heterocycles. The number of carbonyl (C=O) groups excluding carboxylic acids is 2. The Morgan fingerprint density at radius 3 is 2.53 bits per heavy atom. The molecule has 0 aromatic heterocycles. The van der Waals surface area contributed by atoms with Crippen LogP contribution in [0.4, 0.5) is 0 Å². The predicted octanol–water partition coefficient (Wildman–Crippen LogP) is -0.262. The summed E-state index contributed by atoms with van der Waals surface area (Å²) in [6.07, 6.45) is 0.791. The highest BCUT2D eigenvalue weighted by Gasteiger charge is 2.29. The second kappa shape index (κ2) is 5.65. The van der Waals surface area contributed by atoms with Gasteiger partial charge in [-0.05, 0) is 12.3 Å². The summed E-state index contributed by atoms with van der Waals surface area (Å²) in [7, 11) is 0. The maximum absolute atomic E-state index is 11.8. The van der Waals surface area contributed by atoms with E-state index in [-0.39, 0.29) is 30.2 Å². The average molecular weight is 242 g/mol. The van der Waals surface area contributed by atoms with Crippen molar-refractivity contribution in [1.82, 2.24) is 10.6 Å². The predicted molar refractivity (Wildman–Crippen MR) is 60.1 cm³/mol. The molecule has 0 aromatic carbocycles. The van der Waals surface area contributed by atoms with Crippen molar-refractivity contribution in [3.8, 4) is 0 Å². The van der Waals surface area contributed by atoms with Crippen LogP contribution in [-0.4, -0.2) is 35.5 Å². The fraction of sp³-hybridized carbons (Fsp3) is 0.727. The molecular formula is C11H18N2O4. The summed E-state index contributed by atoms with van der Waals surface area (Å²) in [5, 5.41) is 14.1. The number of hydrogen-bond donors (Lipinski definition) is 3. The van der Waals surface area contributed by atoms with Crippen LogP contribution in [0.1, 0.15) is 26.7 Å². The molecule has 0 saturated carbocycles. The van der Waals surface area contributed by atoms with Crippen LogP contribution in [0.5, 0.6) is 0 Å². The van der Waals surface area contributed by atoms with Crippen LogP contribution in [0.25, 0.3) is 0 Å². The van der Waals surface area contributed by atoms with Gasteiger partial charge in [-0.3, -0.25) is 9.59 Å². The van der Waals surface area contributed by atoms with Crippen molar-refractivity contribution in [2.45, 2.75) is 32.7 Å². The van der Waals surface area contributed by atoms with E-state index in [1.165, 1.54) is 0 Å². The highest BCUT2D eigenvalue weighted by atomic mass is 16.4. The summed E-state index contributed by atoms with van der Waals surface area (Å²) in [5.74, 6) is -1.89. The summed E-state index contributed by atoms with van der Waals surface area (Å²) < 4.78 is 0. The van der Waals surface area contributed by atoms with Gasteiger partial charge in [0.2, 0.25) is 11.8 Å². The van der Waals surface area contributed by atoms with Gasteiger partial charge in [-0.25, -0.2) is 4.79 Å². The van der Waals surface area contributed by atoms with E-state index < -0.39 is 12.0 Å². The van der Waals surface area contributed by atoms with Crippen molar-refractivity contribution in [3.63, 3.8) is 0 Å². The Kier molecular flexibility index (Phi) is 4.48. The first-order chi connectivity index (χ1) is 7.91. The SMILES string of the molecule is CC(C)[C@H](NC(=O)[C@H]1CCC(=O)NC1)C(=O)O. The maximum Gasteiger partial charge on any atom is 0.326 e. The van der Waals surface area contributed by atoms with Crippen molar-refractivity contribution in [2.24, 2.45) is 11.8 Å². The zero-order valence-electron chi connectivity index (χ0n) is 10.0. The van der Waals surface area contributed by atoms with Crippen LogP contribution in [0.2, 0.25) is 0 Å². The molecule has 0 radical (unpaired) electrons. The largest absolute Gasteiger partial charge is 0.480 e. The minimum absolute atomic E-state index is 0.0623. The molecule has 17 heavy (non-hydrogen) atoms. The van der Waals surface area contributed by atoms with Crippen LogP contribution in [0.3, 0.4) is 0 Å². The maximum atomic E-state index is 11.8. The molecule has 3 N–H and O–H groups in total. The zero-order valence-corrected chi connectivity index (χ0v) is 10.0. The number of amides is 2. The van der Waals surface area contributed by atoms with Gasteiger partial charge in [0, 0.05) is 13.0 Å². The molecule has 1 heterocycles. The quantitative estimate of drug-likeness (QED) is 0.632. The van der Waals surface area contributed by atoms with E-state index in [9.17, 15) is 14.4 Å². The number of hydrogen-bond acceptors (Lipinski definition) is 3. The topological polar surface area (TPSA) is 95.5 Å². The van der Waals surface area contributed by atoms with Crippen LogP contribution in [-0.2, 0) is 14.4 Å². The number of carboxylic acids is 1. The molecule has 1 fully saturated rings. The second-order valence-electron chi connectivity index (χ2n) is 4.61. The Balaban J connectivity index is 2.53. The molecule has 0 aromatic rings. The van der Waals surface area contributed by atoms with Crippen molar-refractivity contribution in [2.75, 3.05) is 6.54 Å². The van der Waals surface area contributed by atoms with Gasteiger partial charge in [0.05, 0.1) is 5.92 Å². The average Bonchev–Trinajstić information content (AvgIpc) is 2.25. The Morgan fingerprint density at radius 2 is 2.12 bits per heavy atom. The number of nitrogens with one attached hydrogen (secondary N) is 2. The van der Waals surface area contributed by atoms with E-state index in [2.05, 4.69) is 10.6 Å². The Labute approximate surface area is 99.8 Å². The summed E-state index contributed by atoms with van der Waals surface area (Å²) >= 11 is 0. The lowest BCUT2D eigenvalue weighted by Gasteiger charge is -2.25. The number of aliphatic carboxylic acids is 1. The number of rotatable bonds is 4. The Morgan fingerprint density at radius 1 is 1.47 bits per heavy atom. The van der Waals surface area contributed by atoms with Gasteiger partial charge in [0.15, 0.2) is 0 Å². The normalized spacial score (nSPS) is 21.8. The van der Waals surface area contributed by atoms with Crippen molar-refractivity contribution >= 4 is 17.8 Å². The first-order valence-electron chi connectivity index (χ1n) is 5.71. The highest BCUT2D eigenvalue weighted by molar-refractivity contribution is 5.87. The third kappa shape index (κ3) is 3.72. The van der Waals surface area contributed by atoms with E-state index >= 15 is 0 Å². The van der Waals surface area contributed by atoms with Crippen molar-refractivity contribution in [1.29, 1.82) is 0 Å². The summed E-state index contributed by atoms with van der Waals surface area (Å²) in [4.78, 5) is 33.7. The molecule has 0 bridgehead atoms. The molecule has 1 saturated heterocycles. The smallest absolute Gasteiger partial charge is 0.326 e. The highest BCUT2D eigenvalue weighted by Crippen LogP contribution is 2.12. The van der Waals surface area contributed by atoms with Crippen LogP contribution in [0.15, 0.2) is 0 Å². The Bertz CT molecular complexity index is 317. The fourth-order valence-corrected chi connectivity index (χ4v) is 1.74. The van der Waals surface area contributed by atoms with Crippen LogP contribution < -0.4 is 10.6 Å². The van der Waals surface area contributed by atoms with E-state index in [1.807, 2.05) is 0 Å². The molecule has 6 heteroatoms. The molecule has 6 nitrogen and oxygen atoms in total. The third-order valence-electron chi connectivity index (χ3n) is 2.87. The second-order valence-corrected chi connectivity index (χ2v) is 4.61. The number of carbonyl (C=O) groups is 3. The van der Waals surface area contributed by atoms with Gasteiger partial charge < -0.3 is 15.7 Å². The minimum Gasteiger partial charge on any atom is -0.480 e. The zero-order chi connectivity index (χ0) is 13.0. The number of carboxylic acid groups (broad SMARTS) is 1. The fourth-order valence-electron chi connectivity index (χ4n) is 1.74. The van der Waals surface area contributed by atoms with Gasteiger partial charge in [0.1, 0.15) is 6.04 Å². The van der Waals surface area contributed by atoms with E-state index in [0.29, 0.717) is 12.8 Å². The lowest BCUT2D eigenvalue weighted by Crippen LogP contribution is -2.50. The van der Waals surface area contributed by atoms with Gasteiger partial charge in [-0.2, -0.15) is 0 Å². The van der Waals surface area contributed by atoms with Gasteiger partial charge in [-0.15, -0.1) is 0 Å². The van der Waals surface area contributed by atoms with Gasteiger partial charge in [0.25, 0.3) is 0 Å². The van der Waals surface area contributed by atoms with E-state index in [1.54, 1.807) is 13.8 Å². The van der Waals surface area contributed by atoms with E-state index in [4.69, 9.17) is 5.11 Å². The lowest BCUT2D eigenvalue weighted by molar-refractivity contribution is -0.144. The molecule has 1 rings (SSSR count). The molecule has 0 spiro atoms. The van der Waals surface area contributed by atoms with Crippen molar-refractivity contribution < 1.29 is 19.5 Å². The van der Waals surface area contributed by atoms with Crippen LogP contribution in [0, 0.1) is 11.8 Å².